The molecular weight excluding hydrogens is 242 g/mol. The maximum atomic E-state index is 10.0. The second kappa shape index (κ2) is 5.26. The number of carbonyl (C=O) groups is 1. The van der Waals surface area contributed by atoms with Crippen molar-refractivity contribution in [3.8, 4) is 11.8 Å². The Morgan fingerprint density at radius 1 is 1.29 bits per heavy atom. The first-order chi connectivity index (χ1) is 6.65. The van der Waals surface area contributed by atoms with E-state index in [2.05, 4.69) is 11.8 Å². The van der Waals surface area contributed by atoms with E-state index in [1.54, 1.807) is 6.07 Å². The van der Waals surface area contributed by atoms with Gasteiger partial charge in [0.15, 0.2) is 0 Å². The highest BCUT2D eigenvalue weighted by atomic mass is 35.5. The summed E-state index contributed by atoms with van der Waals surface area (Å²) in [6.07, 6.45) is 0.882. The van der Waals surface area contributed by atoms with E-state index in [0.717, 1.165) is 0 Å². The number of aldehydes is 1. The smallest absolute Gasteiger partial charge is 0.131 e. The Labute approximate surface area is 97.0 Å². The van der Waals surface area contributed by atoms with Gasteiger partial charge in [-0.3, -0.25) is 0 Å². The molecule has 0 spiro atoms. The molecule has 0 saturated heterocycles. The van der Waals surface area contributed by atoms with Crippen LogP contribution in [0.25, 0.3) is 0 Å². The molecule has 0 N–H and O–H groups in total. The zero-order valence-corrected chi connectivity index (χ0v) is 9.25. The van der Waals surface area contributed by atoms with Gasteiger partial charge < -0.3 is 4.79 Å². The Bertz CT molecular complexity index is 415. The van der Waals surface area contributed by atoms with Crippen molar-refractivity contribution in [2.45, 2.75) is 6.42 Å². The molecule has 0 heterocycles. The maximum absolute atomic E-state index is 10.0. The van der Waals surface area contributed by atoms with Crippen molar-refractivity contribution in [3.05, 3.63) is 32.8 Å². The summed E-state index contributed by atoms with van der Waals surface area (Å²) in [5, 5.41) is 1.18. The minimum absolute atomic E-state index is 0.167. The Morgan fingerprint density at radius 2 is 2.00 bits per heavy atom. The zero-order chi connectivity index (χ0) is 10.6. The van der Waals surface area contributed by atoms with E-state index in [-0.39, 0.29) is 6.42 Å². The van der Waals surface area contributed by atoms with Crippen LogP contribution in [-0.4, -0.2) is 6.29 Å². The predicted molar refractivity (Wildman–Crippen MR) is 59.0 cm³/mol. The van der Waals surface area contributed by atoms with Gasteiger partial charge in [0.05, 0.1) is 16.5 Å². The first-order valence-corrected chi connectivity index (χ1v) is 4.85. The molecule has 0 amide bonds. The number of hydrogen-bond acceptors (Lipinski definition) is 1. The quantitative estimate of drug-likeness (QED) is 0.421. The average Bonchev–Trinajstić information content (AvgIpc) is 2.13. The van der Waals surface area contributed by atoms with Crippen LogP contribution in [-0.2, 0) is 4.79 Å². The Kier molecular flexibility index (Phi) is 4.28. The van der Waals surface area contributed by atoms with Crippen molar-refractivity contribution < 1.29 is 4.79 Å². The van der Waals surface area contributed by atoms with E-state index in [1.807, 2.05) is 0 Å². The minimum Gasteiger partial charge on any atom is -0.302 e. The number of carbonyl (C=O) groups excluding carboxylic acids is 1. The SMILES string of the molecule is O=CCC#Cc1cc(Cl)cc(Cl)c1Cl. The van der Waals surface area contributed by atoms with Gasteiger partial charge in [-0.25, -0.2) is 0 Å². The van der Waals surface area contributed by atoms with Crippen LogP contribution in [0.5, 0.6) is 0 Å². The molecule has 0 saturated carbocycles. The molecule has 1 aromatic carbocycles. The average molecular weight is 248 g/mol. The van der Waals surface area contributed by atoms with Crippen molar-refractivity contribution in [1.29, 1.82) is 0 Å². The first-order valence-electron chi connectivity index (χ1n) is 3.72. The van der Waals surface area contributed by atoms with Crippen LogP contribution in [0.2, 0.25) is 15.1 Å². The van der Waals surface area contributed by atoms with Gasteiger partial charge in [0, 0.05) is 10.6 Å². The van der Waals surface area contributed by atoms with Gasteiger partial charge in [0.25, 0.3) is 0 Å². The van der Waals surface area contributed by atoms with Crippen LogP contribution < -0.4 is 0 Å². The summed E-state index contributed by atoms with van der Waals surface area (Å²) in [6, 6.07) is 3.14. The monoisotopic (exact) mass is 246 g/mol. The third-order valence-electron chi connectivity index (χ3n) is 1.40. The van der Waals surface area contributed by atoms with Gasteiger partial charge in [0.2, 0.25) is 0 Å². The number of hydrogen-bond donors (Lipinski definition) is 0. The topological polar surface area (TPSA) is 17.1 Å². The number of halogens is 3. The molecule has 0 aromatic heterocycles. The molecule has 0 radical (unpaired) electrons. The van der Waals surface area contributed by atoms with Gasteiger partial charge >= 0.3 is 0 Å². The molecule has 1 aromatic rings. The van der Waals surface area contributed by atoms with E-state index in [9.17, 15) is 4.79 Å². The second-order valence-electron chi connectivity index (χ2n) is 2.42. The predicted octanol–water partition coefficient (Wildman–Crippen LogP) is 3.59. The van der Waals surface area contributed by atoms with Crippen molar-refractivity contribution in [1.82, 2.24) is 0 Å². The highest BCUT2D eigenvalue weighted by Crippen LogP contribution is 2.29. The van der Waals surface area contributed by atoms with Crippen LogP contribution >= 0.6 is 34.8 Å². The molecule has 0 bridgehead atoms. The fourth-order valence-electron chi connectivity index (χ4n) is 0.835. The molecule has 0 fully saturated rings. The Morgan fingerprint density at radius 3 is 2.64 bits per heavy atom. The molecular formula is C10H5Cl3O. The van der Waals surface area contributed by atoms with E-state index >= 15 is 0 Å². The number of benzene rings is 1. The van der Waals surface area contributed by atoms with Crippen molar-refractivity contribution >= 4 is 41.1 Å². The van der Waals surface area contributed by atoms with Gasteiger partial charge in [-0.1, -0.05) is 46.6 Å². The van der Waals surface area contributed by atoms with Crippen LogP contribution in [0.3, 0.4) is 0 Å². The standard InChI is InChI=1S/C10H5Cl3O/c11-8-5-7(3-1-2-4-14)10(13)9(12)6-8/h4-6H,2H2. The highest BCUT2D eigenvalue weighted by Gasteiger charge is 2.04. The molecule has 0 atom stereocenters. The minimum atomic E-state index is 0.167. The molecule has 14 heavy (non-hydrogen) atoms. The van der Waals surface area contributed by atoms with Crippen LogP contribution in [0, 0.1) is 11.8 Å². The lowest BCUT2D eigenvalue weighted by molar-refractivity contribution is -0.107. The summed E-state index contributed by atoms with van der Waals surface area (Å²) < 4.78 is 0. The molecule has 4 heteroatoms. The van der Waals surface area contributed by atoms with Gasteiger partial charge in [-0.05, 0) is 12.1 Å². The maximum Gasteiger partial charge on any atom is 0.131 e. The van der Waals surface area contributed by atoms with E-state index < -0.39 is 0 Å². The van der Waals surface area contributed by atoms with Crippen molar-refractivity contribution in [2.24, 2.45) is 0 Å². The lowest BCUT2D eigenvalue weighted by Gasteiger charge is -1.99. The summed E-state index contributed by atoms with van der Waals surface area (Å²) in [5.41, 5.74) is 0.533. The van der Waals surface area contributed by atoms with Gasteiger partial charge in [0.1, 0.15) is 6.29 Å². The second-order valence-corrected chi connectivity index (χ2v) is 3.64. The first kappa shape index (κ1) is 11.4. The van der Waals surface area contributed by atoms with E-state index in [4.69, 9.17) is 34.8 Å². The molecule has 72 valence electrons. The molecule has 0 aliphatic rings. The fraction of sp³-hybridized carbons (Fsp3) is 0.100. The van der Waals surface area contributed by atoms with E-state index in [0.29, 0.717) is 26.9 Å². The summed E-state index contributed by atoms with van der Waals surface area (Å²) >= 11 is 17.4. The normalized spacial score (nSPS) is 9.07. The highest BCUT2D eigenvalue weighted by molar-refractivity contribution is 6.43. The summed E-state index contributed by atoms with van der Waals surface area (Å²) in [7, 11) is 0. The third-order valence-corrected chi connectivity index (χ3v) is 2.42. The van der Waals surface area contributed by atoms with E-state index in [1.165, 1.54) is 6.07 Å². The third kappa shape index (κ3) is 2.92. The Balaban J connectivity index is 3.09. The van der Waals surface area contributed by atoms with Crippen molar-refractivity contribution in [3.63, 3.8) is 0 Å². The van der Waals surface area contributed by atoms with Gasteiger partial charge in [-0.2, -0.15) is 0 Å². The molecule has 0 aliphatic carbocycles. The zero-order valence-electron chi connectivity index (χ0n) is 6.98. The molecule has 1 nitrogen and oxygen atoms in total. The lowest BCUT2D eigenvalue weighted by atomic mass is 10.2. The largest absolute Gasteiger partial charge is 0.302 e. The number of rotatable bonds is 1. The van der Waals surface area contributed by atoms with Crippen molar-refractivity contribution in [2.75, 3.05) is 0 Å². The Hall–Kier alpha value is -0.680. The fourth-order valence-corrected chi connectivity index (χ4v) is 1.48. The molecule has 1 rings (SSSR count). The summed E-state index contributed by atoms with van der Waals surface area (Å²) in [6.45, 7) is 0. The van der Waals surface area contributed by atoms with Crippen LogP contribution in [0.15, 0.2) is 12.1 Å². The van der Waals surface area contributed by atoms with Crippen LogP contribution in [0.4, 0.5) is 0 Å². The molecule has 0 aliphatic heterocycles. The van der Waals surface area contributed by atoms with Crippen LogP contribution in [0.1, 0.15) is 12.0 Å². The molecule has 0 unspecified atom stereocenters. The van der Waals surface area contributed by atoms with Gasteiger partial charge in [-0.15, -0.1) is 0 Å². The summed E-state index contributed by atoms with van der Waals surface area (Å²) in [4.78, 5) is 10.0. The lowest BCUT2D eigenvalue weighted by Crippen LogP contribution is -1.79. The summed E-state index contributed by atoms with van der Waals surface area (Å²) in [5.74, 6) is 5.34.